The SMILES string of the molecule is CCC(C)(C)NC(=O)C(C)Oc1c(C)cccc1CCN. The molecule has 4 heteroatoms. The maximum Gasteiger partial charge on any atom is 0.261 e. The third-order valence-electron chi connectivity index (χ3n) is 3.72. The van der Waals surface area contributed by atoms with Gasteiger partial charge in [-0.3, -0.25) is 4.79 Å². The predicted molar refractivity (Wildman–Crippen MR) is 86.5 cm³/mol. The quantitative estimate of drug-likeness (QED) is 0.812. The summed E-state index contributed by atoms with van der Waals surface area (Å²) in [6.07, 6.45) is 1.08. The fourth-order valence-corrected chi connectivity index (χ4v) is 1.99. The summed E-state index contributed by atoms with van der Waals surface area (Å²) in [5.74, 6) is 0.684. The maximum absolute atomic E-state index is 12.2. The van der Waals surface area contributed by atoms with Crippen LogP contribution < -0.4 is 15.8 Å². The topological polar surface area (TPSA) is 64.3 Å². The number of carbonyl (C=O) groups excluding carboxylic acids is 1. The third kappa shape index (κ3) is 5.05. The van der Waals surface area contributed by atoms with Crippen LogP contribution in [0.3, 0.4) is 0 Å². The molecular weight excluding hydrogens is 264 g/mol. The van der Waals surface area contributed by atoms with E-state index in [4.69, 9.17) is 10.5 Å². The average molecular weight is 292 g/mol. The molecule has 0 aromatic heterocycles. The standard InChI is InChI=1S/C17H28N2O2/c1-6-17(4,5)19-16(20)13(3)21-15-12(2)8-7-9-14(15)10-11-18/h7-9,13H,6,10-11,18H2,1-5H3,(H,19,20). The zero-order valence-electron chi connectivity index (χ0n) is 13.8. The molecule has 0 saturated heterocycles. The van der Waals surface area contributed by atoms with E-state index in [9.17, 15) is 4.79 Å². The Labute approximate surface area is 128 Å². The van der Waals surface area contributed by atoms with E-state index in [-0.39, 0.29) is 11.4 Å². The second kappa shape index (κ2) is 7.46. The van der Waals surface area contributed by atoms with Gasteiger partial charge in [0, 0.05) is 5.54 Å². The normalized spacial score (nSPS) is 12.9. The number of ether oxygens (including phenoxy) is 1. The molecule has 0 aliphatic carbocycles. The Kier molecular flexibility index (Phi) is 6.21. The molecule has 0 fully saturated rings. The van der Waals surface area contributed by atoms with Crippen molar-refractivity contribution >= 4 is 5.91 Å². The lowest BCUT2D eigenvalue weighted by Gasteiger charge is -2.27. The minimum absolute atomic E-state index is 0.0937. The van der Waals surface area contributed by atoms with E-state index < -0.39 is 6.10 Å². The van der Waals surface area contributed by atoms with Crippen molar-refractivity contribution in [2.45, 2.75) is 59.1 Å². The molecule has 1 aromatic carbocycles. The number of amides is 1. The molecule has 1 amide bonds. The van der Waals surface area contributed by atoms with Crippen molar-refractivity contribution in [3.05, 3.63) is 29.3 Å². The van der Waals surface area contributed by atoms with Gasteiger partial charge < -0.3 is 15.8 Å². The molecule has 1 unspecified atom stereocenters. The number of benzene rings is 1. The summed E-state index contributed by atoms with van der Waals surface area (Å²) >= 11 is 0. The number of aryl methyl sites for hydroxylation is 1. The highest BCUT2D eigenvalue weighted by molar-refractivity contribution is 5.81. The number of nitrogens with one attached hydrogen (secondary N) is 1. The van der Waals surface area contributed by atoms with Crippen molar-refractivity contribution in [2.75, 3.05) is 6.54 Å². The molecule has 0 radical (unpaired) electrons. The zero-order chi connectivity index (χ0) is 16.0. The fraction of sp³-hybridized carbons (Fsp3) is 0.588. The van der Waals surface area contributed by atoms with Gasteiger partial charge in [-0.25, -0.2) is 0 Å². The van der Waals surface area contributed by atoms with Gasteiger partial charge in [0.2, 0.25) is 0 Å². The lowest BCUT2D eigenvalue weighted by molar-refractivity contribution is -0.129. The molecule has 0 heterocycles. The Morgan fingerprint density at radius 3 is 2.67 bits per heavy atom. The van der Waals surface area contributed by atoms with E-state index in [1.807, 2.05) is 45.9 Å². The Morgan fingerprint density at radius 2 is 2.10 bits per heavy atom. The molecule has 0 saturated carbocycles. The predicted octanol–water partition coefficient (Wildman–Crippen LogP) is 2.57. The van der Waals surface area contributed by atoms with E-state index in [1.165, 1.54) is 0 Å². The largest absolute Gasteiger partial charge is 0.480 e. The first kappa shape index (κ1) is 17.5. The Morgan fingerprint density at radius 1 is 1.43 bits per heavy atom. The van der Waals surface area contributed by atoms with E-state index in [0.29, 0.717) is 6.54 Å². The van der Waals surface area contributed by atoms with E-state index in [1.54, 1.807) is 6.92 Å². The van der Waals surface area contributed by atoms with Crippen LogP contribution in [0.25, 0.3) is 0 Å². The first-order chi connectivity index (χ1) is 9.80. The van der Waals surface area contributed by atoms with Crippen LogP contribution in [-0.2, 0) is 11.2 Å². The fourth-order valence-electron chi connectivity index (χ4n) is 1.99. The molecular formula is C17H28N2O2. The van der Waals surface area contributed by atoms with Crippen molar-refractivity contribution < 1.29 is 9.53 Å². The van der Waals surface area contributed by atoms with E-state index >= 15 is 0 Å². The molecule has 1 aromatic rings. The smallest absolute Gasteiger partial charge is 0.261 e. The lowest BCUT2D eigenvalue weighted by Crippen LogP contribution is -2.48. The molecule has 0 aliphatic heterocycles. The van der Waals surface area contributed by atoms with Crippen molar-refractivity contribution in [3.8, 4) is 5.75 Å². The molecule has 21 heavy (non-hydrogen) atoms. The monoisotopic (exact) mass is 292 g/mol. The Bertz CT molecular complexity index is 484. The summed E-state index contributed by atoms with van der Waals surface area (Å²) in [6.45, 7) is 10.4. The summed E-state index contributed by atoms with van der Waals surface area (Å²) in [5, 5.41) is 3.01. The molecule has 0 aliphatic rings. The summed E-state index contributed by atoms with van der Waals surface area (Å²) < 4.78 is 5.91. The van der Waals surface area contributed by atoms with Crippen LogP contribution in [0.4, 0.5) is 0 Å². The van der Waals surface area contributed by atoms with Gasteiger partial charge in [0.25, 0.3) is 5.91 Å². The number of nitrogens with two attached hydrogens (primary N) is 1. The summed E-state index contributed by atoms with van der Waals surface area (Å²) in [5.41, 5.74) is 7.49. The number of hydrogen-bond donors (Lipinski definition) is 2. The average Bonchev–Trinajstić information content (AvgIpc) is 2.42. The molecule has 0 spiro atoms. The molecule has 1 rings (SSSR count). The first-order valence-electron chi connectivity index (χ1n) is 7.58. The number of hydrogen-bond acceptors (Lipinski definition) is 3. The van der Waals surface area contributed by atoms with Crippen molar-refractivity contribution in [1.29, 1.82) is 0 Å². The van der Waals surface area contributed by atoms with Gasteiger partial charge in [0.1, 0.15) is 5.75 Å². The van der Waals surface area contributed by atoms with Crippen LogP contribution in [0.5, 0.6) is 5.75 Å². The van der Waals surface area contributed by atoms with Crippen molar-refractivity contribution in [2.24, 2.45) is 5.73 Å². The number of carbonyl (C=O) groups is 1. The summed E-state index contributed by atoms with van der Waals surface area (Å²) in [7, 11) is 0. The van der Waals surface area contributed by atoms with Gasteiger partial charge >= 0.3 is 0 Å². The zero-order valence-corrected chi connectivity index (χ0v) is 13.8. The van der Waals surface area contributed by atoms with Gasteiger partial charge in [-0.05, 0) is 58.2 Å². The van der Waals surface area contributed by atoms with Gasteiger partial charge in [-0.2, -0.15) is 0 Å². The number of para-hydroxylation sites is 1. The molecule has 4 nitrogen and oxygen atoms in total. The Hall–Kier alpha value is -1.55. The molecule has 1 atom stereocenters. The minimum Gasteiger partial charge on any atom is -0.480 e. The van der Waals surface area contributed by atoms with E-state index in [0.717, 1.165) is 29.7 Å². The highest BCUT2D eigenvalue weighted by Gasteiger charge is 2.23. The van der Waals surface area contributed by atoms with Crippen LogP contribution in [0.2, 0.25) is 0 Å². The summed E-state index contributed by atoms with van der Waals surface area (Å²) in [4.78, 5) is 12.2. The molecule has 3 N–H and O–H groups in total. The van der Waals surface area contributed by atoms with Crippen molar-refractivity contribution in [3.63, 3.8) is 0 Å². The van der Waals surface area contributed by atoms with Gasteiger partial charge in [0.05, 0.1) is 0 Å². The highest BCUT2D eigenvalue weighted by atomic mass is 16.5. The Balaban J connectivity index is 2.83. The maximum atomic E-state index is 12.2. The van der Waals surface area contributed by atoms with Crippen LogP contribution in [0.1, 0.15) is 45.2 Å². The molecule has 118 valence electrons. The van der Waals surface area contributed by atoms with Gasteiger partial charge in [0.15, 0.2) is 6.10 Å². The van der Waals surface area contributed by atoms with Crippen molar-refractivity contribution in [1.82, 2.24) is 5.32 Å². The van der Waals surface area contributed by atoms with Gasteiger partial charge in [-0.1, -0.05) is 25.1 Å². The van der Waals surface area contributed by atoms with Gasteiger partial charge in [-0.15, -0.1) is 0 Å². The second-order valence-electron chi connectivity index (χ2n) is 6.09. The van der Waals surface area contributed by atoms with Crippen LogP contribution in [0.15, 0.2) is 18.2 Å². The van der Waals surface area contributed by atoms with E-state index in [2.05, 4.69) is 5.32 Å². The third-order valence-corrected chi connectivity index (χ3v) is 3.72. The van der Waals surface area contributed by atoms with Crippen LogP contribution in [-0.4, -0.2) is 24.1 Å². The summed E-state index contributed by atoms with van der Waals surface area (Å²) in [6, 6.07) is 5.96. The van der Waals surface area contributed by atoms with Crippen LogP contribution >= 0.6 is 0 Å². The van der Waals surface area contributed by atoms with Crippen LogP contribution in [0, 0.1) is 6.92 Å². The first-order valence-corrected chi connectivity index (χ1v) is 7.58. The lowest BCUT2D eigenvalue weighted by atomic mass is 10.0. The second-order valence-corrected chi connectivity index (χ2v) is 6.09. The minimum atomic E-state index is -0.534. The number of rotatable bonds is 7. The molecule has 0 bridgehead atoms. The highest BCUT2D eigenvalue weighted by Crippen LogP contribution is 2.25.